The van der Waals surface area contributed by atoms with E-state index in [-0.39, 0.29) is 6.42 Å². The minimum atomic E-state index is -0.799. The highest BCUT2D eigenvalue weighted by molar-refractivity contribution is 5.82. The Hall–Kier alpha value is -2.55. The van der Waals surface area contributed by atoms with Crippen molar-refractivity contribution in [1.82, 2.24) is 4.57 Å². The molecule has 22 heavy (non-hydrogen) atoms. The van der Waals surface area contributed by atoms with Gasteiger partial charge in [0.15, 0.2) is 0 Å². The fraction of sp³-hybridized carbons (Fsp3) is 0.211. The summed E-state index contributed by atoms with van der Waals surface area (Å²) in [6, 6.07) is 14.3. The van der Waals surface area contributed by atoms with Crippen LogP contribution in [0.4, 0.5) is 0 Å². The second-order valence-corrected chi connectivity index (χ2v) is 5.77. The zero-order valence-corrected chi connectivity index (χ0v) is 12.8. The number of rotatable bonds is 4. The van der Waals surface area contributed by atoms with Crippen molar-refractivity contribution >= 4 is 16.9 Å². The molecule has 112 valence electrons. The Balaban J connectivity index is 2.00. The third-order valence-electron chi connectivity index (χ3n) is 4.25. The van der Waals surface area contributed by atoms with Crippen molar-refractivity contribution in [3.63, 3.8) is 0 Å². The second-order valence-electron chi connectivity index (χ2n) is 5.77. The van der Waals surface area contributed by atoms with Crippen LogP contribution in [0, 0.1) is 13.8 Å². The van der Waals surface area contributed by atoms with Crippen LogP contribution in [0.25, 0.3) is 10.9 Å². The van der Waals surface area contributed by atoms with Gasteiger partial charge >= 0.3 is 5.97 Å². The molecule has 0 radical (unpaired) electrons. The highest BCUT2D eigenvalue weighted by Crippen LogP contribution is 2.21. The first-order valence-corrected chi connectivity index (χ1v) is 7.39. The molecule has 0 saturated heterocycles. The maximum Gasteiger partial charge on any atom is 0.307 e. The average Bonchev–Trinajstić information content (AvgIpc) is 2.86. The van der Waals surface area contributed by atoms with Crippen molar-refractivity contribution < 1.29 is 9.90 Å². The van der Waals surface area contributed by atoms with Gasteiger partial charge < -0.3 is 9.67 Å². The number of carboxylic acid groups (broad SMARTS) is 1. The molecule has 0 atom stereocenters. The standard InChI is InChI=1S/C19H19NO2/c1-13-4-3-5-17(14(13)2)12-20-9-8-16-7-6-15(10-18(16)20)11-19(21)22/h3-10H,11-12H2,1-2H3,(H,21,22). The molecule has 0 unspecified atom stereocenters. The Morgan fingerprint density at radius 2 is 1.95 bits per heavy atom. The topological polar surface area (TPSA) is 42.2 Å². The van der Waals surface area contributed by atoms with E-state index in [9.17, 15) is 4.79 Å². The Morgan fingerprint density at radius 3 is 2.73 bits per heavy atom. The van der Waals surface area contributed by atoms with Crippen molar-refractivity contribution in [2.24, 2.45) is 0 Å². The third-order valence-corrected chi connectivity index (χ3v) is 4.25. The van der Waals surface area contributed by atoms with Gasteiger partial charge in [-0.25, -0.2) is 0 Å². The van der Waals surface area contributed by atoms with E-state index in [0.29, 0.717) is 0 Å². The molecule has 3 heteroatoms. The number of carbonyl (C=O) groups is 1. The molecule has 1 heterocycles. The van der Waals surface area contributed by atoms with Crippen LogP contribution in [0.2, 0.25) is 0 Å². The minimum absolute atomic E-state index is 0.0601. The zero-order chi connectivity index (χ0) is 15.7. The molecule has 0 aliphatic rings. The molecule has 0 fully saturated rings. The van der Waals surface area contributed by atoms with E-state index in [1.807, 2.05) is 18.2 Å². The summed E-state index contributed by atoms with van der Waals surface area (Å²) in [7, 11) is 0. The fourth-order valence-electron chi connectivity index (χ4n) is 2.82. The van der Waals surface area contributed by atoms with E-state index in [1.165, 1.54) is 16.7 Å². The lowest BCUT2D eigenvalue weighted by Crippen LogP contribution is -2.03. The maximum absolute atomic E-state index is 10.9. The number of aryl methyl sites for hydroxylation is 1. The lowest BCUT2D eigenvalue weighted by Gasteiger charge is -2.11. The SMILES string of the molecule is Cc1cccc(Cn2ccc3ccc(CC(=O)O)cc32)c1C. The van der Waals surface area contributed by atoms with Gasteiger partial charge in [0.05, 0.1) is 6.42 Å². The van der Waals surface area contributed by atoms with Crippen LogP contribution in [-0.4, -0.2) is 15.6 Å². The Bertz CT molecular complexity index is 846. The number of aromatic nitrogens is 1. The molecule has 3 aromatic rings. The Kier molecular flexibility index (Phi) is 3.72. The lowest BCUT2D eigenvalue weighted by atomic mass is 10.0. The minimum Gasteiger partial charge on any atom is -0.481 e. The van der Waals surface area contributed by atoms with E-state index in [0.717, 1.165) is 23.0 Å². The quantitative estimate of drug-likeness (QED) is 0.792. The van der Waals surface area contributed by atoms with Gasteiger partial charge in [0.25, 0.3) is 0 Å². The maximum atomic E-state index is 10.9. The van der Waals surface area contributed by atoms with Crippen molar-refractivity contribution in [1.29, 1.82) is 0 Å². The van der Waals surface area contributed by atoms with Gasteiger partial charge in [-0.05, 0) is 53.6 Å². The number of fused-ring (bicyclic) bond motifs is 1. The van der Waals surface area contributed by atoms with Gasteiger partial charge in [-0.3, -0.25) is 4.79 Å². The summed E-state index contributed by atoms with van der Waals surface area (Å²) in [6.07, 6.45) is 2.13. The first-order chi connectivity index (χ1) is 10.5. The van der Waals surface area contributed by atoms with Crippen LogP contribution in [0.5, 0.6) is 0 Å². The summed E-state index contributed by atoms with van der Waals surface area (Å²) in [6.45, 7) is 5.07. The molecule has 0 amide bonds. The number of hydrogen-bond donors (Lipinski definition) is 1. The van der Waals surface area contributed by atoms with Crippen molar-refractivity contribution in [2.75, 3.05) is 0 Å². The van der Waals surface area contributed by atoms with E-state index >= 15 is 0 Å². The van der Waals surface area contributed by atoms with E-state index in [1.54, 1.807) is 0 Å². The molecule has 1 aromatic heterocycles. The number of carboxylic acids is 1. The molecular formula is C19H19NO2. The molecule has 3 nitrogen and oxygen atoms in total. The molecule has 1 N–H and O–H groups in total. The summed E-state index contributed by atoms with van der Waals surface area (Å²) in [4.78, 5) is 10.9. The van der Waals surface area contributed by atoms with E-state index in [4.69, 9.17) is 5.11 Å². The van der Waals surface area contributed by atoms with Crippen LogP contribution in [-0.2, 0) is 17.8 Å². The largest absolute Gasteiger partial charge is 0.481 e. The molecule has 3 rings (SSSR count). The van der Waals surface area contributed by atoms with Crippen LogP contribution < -0.4 is 0 Å². The summed E-state index contributed by atoms with van der Waals surface area (Å²) < 4.78 is 2.18. The van der Waals surface area contributed by atoms with Crippen LogP contribution in [0.3, 0.4) is 0 Å². The summed E-state index contributed by atoms with van der Waals surface area (Å²) >= 11 is 0. The number of nitrogens with zero attached hydrogens (tertiary/aromatic N) is 1. The molecule has 0 aliphatic carbocycles. The highest BCUT2D eigenvalue weighted by atomic mass is 16.4. The van der Waals surface area contributed by atoms with Crippen molar-refractivity contribution in [3.8, 4) is 0 Å². The molecule has 0 spiro atoms. The number of aliphatic carboxylic acids is 1. The molecule has 0 saturated carbocycles. The van der Waals surface area contributed by atoms with Gasteiger partial charge in [0.2, 0.25) is 0 Å². The monoisotopic (exact) mass is 293 g/mol. The Morgan fingerprint density at radius 1 is 1.14 bits per heavy atom. The third kappa shape index (κ3) is 2.75. The number of benzene rings is 2. The average molecular weight is 293 g/mol. The highest BCUT2D eigenvalue weighted by Gasteiger charge is 2.07. The fourth-order valence-corrected chi connectivity index (χ4v) is 2.82. The van der Waals surface area contributed by atoms with Crippen molar-refractivity contribution in [2.45, 2.75) is 26.8 Å². The van der Waals surface area contributed by atoms with Crippen LogP contribution in [0.1, 0.15) is 22.3 Å². The van der Waals surface area contributed by atoms with Gasteiger partial charge in [-0.1, -0.05) is 30.3 Å². The first kappa shape index (κ1) is 14.4. The smallest absolute Gasteiger partial charge is 0.307 e. The van der Waals surface area contributed by atoms with Gasteiger partial charge in [-0.2, -0.15) is 0 Å². The molecule has 0 aliphatic heterocycles. The summed E-state index contributed by atoms with van der Waals surface area (Å²) in [5, 5.41) is 10.1. The van der Waals surface area contributed by atoms with E-state index in [2.05, 4.69) is 48.9 Å². The number of hydrogen-bond acceptors (Lipinski definition) is 1. The predicted molar refractivity (Wildman–Crippen MR) is 88.3 cm³/mol. The summed E-state index contributed by atoms with van der Waals surface area (Å²) in [5.41, 5.74) is 5.81. The molecule has 0 bridgehead atoms. The van der Waals surface area contributed by atoms with Crippen molar-refractivity contribution in [3.05, 3.63) is 70.9 Å². The first-order valence-electron chi connectivity index (χ1n) is 7.39. The van der Waals surface area contributed by atoms with Gasteiger partial charge in [-0.15, -0.1) is 0 Å². The van der Waals surface area contributed by atoms with E-state index < -0.39 is 5.97 Å². The van der Waals surface area contributed by atoms with Gasteiger partial charge in [0, 0.05) is 18.3 Å². The predicted octanol–water partition coefficient (Wildman–Crippen LogP) is 3.93. The normalized spacial score (nSPS) is 11.0. The van der Waals surface area contributed by atoms with Gasteiger partial charge in [0.1, 0.15) is 0 Å². The second kappa shape index (κ2) is 5.68. The lowest BCUT2D eigenvalue weighted by molar-refractivity contribution is -0.136. The molecule has 2 aromatic carbocycles. The Labute approximate surface area is 129 Å². The zero-order valence-electron chi connectivity index (χ0n) is 12.8. The summed E-state index contributed by atoms with van der Waals surface area (Å²) in [5.74, 6) is -0.799. The van der Waals surface area contributed by atoms with Crippen LogP contribution >= 0.6 is 0 Å². The molecular weight excluding hydrogens is 274 g/mol. The van der Waals surface area contributed by atoms with Crippen LogP contribution in [0.15, 0.2) is 48.7 Å².